The summed E-state index contributed by atoms with van der Waals surface area (Å²) in [6.45, 7) is 8.73. The number of hydrogen-bond acceptors (Lipinski definition) is 3. The Kier molecular flexibility index (Phi) is 4.58. The van der Waals surface area contributed by atoms with E-state index in [-0.39, 0.29) is 11.4 Å². The van der Waals surface area contributed by atoms with Crippen LogP contribution < -0.4 is 10.1 Å². The van der Waals surface area contributed by atoms with E-state index in [0.717, 1.165) is 5.56 Å². The summed E-state index contributed by atoms with van der Waals surface area (Å²) in [5.41, 5.74) is 1.60. The Balaban J connectivity index is 2.17. The normalized spacial score (nSPS) is 11.5. The molecular weight excluding hydrogens is 267 g/mol. The number of nitrogens with one attached hydrogen (secondary N) is 1. The molecule has 0 radical (unpaired) electrons. The van der Waals surface area contributed by atoms with Gasteiger partial charge in [-0.3, -0.25) is 4.98 Å². The molecule has 2 aromatic rings. The molecule has 0 atom stereocenters. The maximum atomic E-state index is 13.3. The first kappa shape index (κ1) is 15.4. The largest absolute Gasteiger partial charge is 0.455 e. The molecule has 0 saturated carbocycles. The van der Waals surface area contributed by atoms with Crippen molar-refractivity contribution in [1.82, 2.24) is 10.3 Å². The van der Waals surface area contributed by atoms with Crippen LogP contribution in [0.4, 0.5) is 4.39 Å². The fourth-order valence-electron chi connectivity index (χ4n) is 1.81. The standard InChI is InChI=1S/C17H21FN2O/c1-12-9-14(5-6-15(12)18)21-16-11-19-8-7-13(16)10-20-17(2,3)4/h5-9,11,20H,10H2,1-4H3. The van der Waals surface area contributed by atoms with E-state index in [1.807, 2.05) is 6.07 Å². The lowest BCUT2D eigenvalue weighted by atomic mass is 10.1. The van der Waals surface area contributed by atoms with Crippen LogP contribution >= 0.6 is 0 Å². The molecule has 3 nitrogen and oxygen atoms in total. The van der Waals surface area contributed by atoms with Crippen molar-refractivity contribution in [3.8, 4) is 11.5 Å². The van der Waals surface area contributed by atoms with Gasteiger partial charge in [0.2, 0.25) is 0 Å². The third-order valence-corrected chi connectivity index (χ3v) is 3.04. The van der Waals surface area contributed by atoms with Gasteiger partial charge in [-0.2, -0.15) is 0 Å². The van der Waals surface area contributed by atoms with Crippen molar-refractivity contribution in [2.24, 2.45) is 0 Å². The Morgan fingerprint density at radius 1 is 1.24 bits per heavy atom. The highest BCUT2D eigenvalue weighted by Gasteiger charge is 2.12. The average molecular weight is 288 g/mol. The molecule has 21 heavy (non-hydrogen) atoms. The first-order valence-electron chi connectivity index (χ1n) is 6.97. The molecule has 0 aliphatic carbocycles. The molecule has 1 N–H and O–H groups in total. The van der Waals surface area contributed by atoms with Gasteiger partial charge in [0.05, 0.1) is 6.20 Å². The molecule has 0 aliphatic rings. The number of pyridine rings is 1. The highest BCUT2D eigenvalue weighted by Crippen LogP contribution is 2.26. The van der Waals surface area contributed by atoms with Gasteiger partial charge in [0.1, 0.15) is 17.3 Å². The number of halogens is 1. The molecule has 0 unspecified atom stereocenters. The third-order valence-electron chi connectivity index (χ3n) is 3.04. The summed E-state index contributed by atoms with van der Waals surface area (Å²) in [5.74, 6) is 1.06. The highest BCUT2D eigenvalue weighted by molar-refractivity contribution is 5.37. The summed E-state index contributed by atoms with van der Waals surface area (Å²) in [5, 5.41) is 3.42. The fraction of sp³-hybridized carbons (Fsp3) is 0.353. The molecule has 0 spiro atoms. The summed E-state index contributed by atoms with van der Waals surface area (Å²) in [4.78, 5) is 4.10. The number of ether oxygens (including phenoxy) is 1. The Morgan fingerprint density at radius 3 is 2.67 bits per heavy atom. The predicted octanol–water partition coefficient (Wildman–Crippen LogP) is 4.21. The Labute approximate surface area is 125 Å². The maximum absolute atomic E-state index is 13.3. The number of nitrogens with zero attached hydrogens (tertiary/aromatic N) is 1. The van der Waals surface area contributed by atoms with Crippen molar-refractivity contribution >= 4 is 0 Å². The van der Waals surface area contributed by atoms with Gasteiger partial charge in [0.15, 0.2) is 0 Å². The zero-order valence-electron chi connectivity index (χ0n) is 12.9. The lowest BCUT2D eigenvalue weighted by Gasteiger charge is -2.21. The van der Waals surface area contributed by atoms with E-state index in [1.165, 1.54) is 6.07 Å². The summed E-state index contributed by atoms with van der Waals surface area (Å²) in [6, 6.07) is 6.64. The van der Waals surface area contributed by atoms with Crippen LogP contribution in [-0.2, 0) is 6.54 Å². The molecule has 1 aromatic heterocycles. The van der Waals surface area contributed by atoms with Gasteiger partial charge in [-0.25, -0.2) is 4.39 Å². The zero-order valence-corrected chi connectivity index (χ0v) is 12.9. The van der Waals surface area contributed by atoms with Crippen LogP contribution in [0.5, 0.6) is 11.5 Å². The average Bonchev–Trinajstić information content (AvgIpc) is 2.41. The van der Waals surface area contributed by atoms with Crippen LogP contribution in [0.15, 0.2) is 36.7 Å². The predicted molar refractivity (Wildman–Crippen MR) is 82.0 cm³/mol. The quantitative estimate of drug-likeness (QED) is 0.915. The minimum Gasteiger partial charge on any atom is -0.455 e. The van der Waals surface area contributed by atoms with Gasteiger partial charge in [0, 0.05) is 23.8 Å². The van der Waals surface area contributed by atoms with Crippen LogP contribution in [0.3, 0.4) is 0 Å². The smallest absolute Gasteiger partial charge is 0.150 e. The lowest BCUT2D eigenvalue weighted by molar-refractivity contribution is 0.413. The highest BCUT2D eigenvalue weighted by atomic mass is 19.1. The molecule has 0 fully saturated rings. The summed E-state index contributed by atoms with van der Waals surface area (Å²) >= 11 is 0. The summed E-state index contributed by atoms with van der Waals surface area (Å²) < 4.78 is 19.1. The van der Waals surface area contributed by atoms with E-state index in [0.29, 0.717) is 23.6 Å². The third kappa shape index (κ3) is 4.53. The second-order valence-corrected chi connectivity index (χ2v) is 6.10. The van der Waals surface area contributed by atoms with Crippen molar-refractivity contribution in [2.75, 3.05) is 0 Å². The molecule has 0 saturated heterocycles. The second kappa shape index (κ2) is 6.22. The molecule has 4 heteroatoms. The van der Waals surface area contributed by atoms with Gasteiger partial charge in [-0.05, 0) is 57.5 Å². The van der Waals surface area contributed by atoms with Crippen molar-refractivity contribution < 1.29 is 9.13 Å². The van der Waals surface area contributed by atoms with Gasteiger partial charge >= 0.3 is 0 Å². The SMILES string of the molecule is Cc1cc(Oc2cnccc2CNC(C)(C)C)ccc1F. The summed E-state index contributed by atoms with van der Waals surface area (Å²) in [7, 11) is 0. The van der Waals surface area contributed by atoms with Gasteiger partial charge in [-0.15, -0.1) is 0 Å². The van der Waals surface area contributed by atoms with Crippen LogP contribution in [0.2, 0.25) is 0 Å². The van der Waals surface area contributed by atoms with Crippen molar-refractivity contribution in [2.45, 2.75) is 39.8 Å². The van der Waals surface area contributed by atoms with E-state index in [1.54, 1.807) is 31.5 Å². The molecule has 0 bridgehead atoms. The Bertz CT molecular complexity index is 620. The second-order valence-electron chi connectivity index (χ2n) is 6.10. The molecule has 2 rings (SSSR count). The fourth-order valence-corrected chi connectivity index (χ4v) is 1.81. The van der Waals surface area contributed by atoms with Gasteiger partial charge in [-0.1, -0.05) is 0 Å². The van der Waals surface area contributed by atoms with E-state index in [9.17, 15) is 4.39 Å². The number of rotatable bonds is 4. The molecule has 1 heterocycles. The number of benzene rings is 1. The van der Waals surface area contributed by atoms with Crippen LogP contribution in [0.1, 0.15) is 31.9 Å². The van der Waals surface area contributed by atoms with E-state index in [4.69, 9.17) is 4.74 Å². The number of hydrogen-bond donors (Lipinski definition) is 1. The van der Waals surface area contributed by atoms with E-state index in [2.05, 4.69) is 31.1 Å². The van der Waals surface area contributed by atoms with Crippen LogP contribution in [-0.4, -0.2) is 10.5 Å². The Morgan fingerprint density at radius 2 is 2.00 bits per heavy atom. The first-order chi connectivity index (χ1) is 9.85. The lowest BCUT2D eigenvalue weighted by Crippen LogP contribution is -2.35. The monoisotopic (exact) mass is 288 g/mol. The van der Waals surface area contributed by atoms with Crippen LogP contribution in [0.25, 0.3) is 0 Å². The summed E-state index contributed by atoms with van der Waals surface area (Å²) in [6.07, 6.45) is 3.42. The van der Waals surface area contributed by atoms with Gasteiger partial charge < -0.3 is 10.1 Å². The van der Waals surface area contributed by atoms with Crippen LogP contribution in [0, 0.1) is 12.7 Å². The zero-order chi connectivity index (χ0) is 15.5. The van der Waals surface area contributed by atoms with E-state index < -0.39 is 0 Å². The van der Waals surface area contributed by atoms with Gasteiger partial charge in [0.25, 0.3) is 0 Å². The topological polar surface area (TPSA) is 34.1 Å². The first-order valence-corrected chi connectivity index (χ1v) is 6.97. The Hall–Kier alpha value is -1.94. The molecule has 1 aromatic carbocycles. The van der Waals surface area contributed by atoms with Crippen molar-refractivity contribution in [3.05, 3.63) is 53.6 Å². The number of aryl methyl sites for hydroxylation is 1. The maximum Gasteiger partial charge on any atom is 0.150 e. The van der Waals surface area contributed by atoms with Crippen molar-refractivity contribution in [3.63, 3.8) is 0 Å². The molecule has 0 aliphatic heterocycles. The van der Waals surface area contributed by atoms with Crippen molar-refractivity contribution in [1.29, 1.82) is 0 Å². The van der Waals surface area contributed by atoms with E-state index >= 15 is 0 Å². The molecular formula is C17H21FN2O. The molecule has 0 amide bonds. The minimum absolute atomic E-state index is 0.0208. The minimum atomic E-state index is -0.233. The number of aromatic nitrogens is 1. The molecule has 112 valence electrons.